The van der Waals surface area contributed by atoms with Gasteiger partial charge in [0.05, 0.1) is 17.6 Å². The molecule has 1 heterocycles. The van der Waals surface area contributed by atoms with Crippen molar-refractivity contribution in [3.05, 3.63) is 72.4 Å². The minimum absolute atomic E-state index is 0.00711. The third kappa shape index (κ3) is 6.76. The van der Waals surface area contributed by atoms with Gasteiger partial charge in [-0.3, -0.25) is 14.6 Å². The Hall–Kier alpha value is -3.51. The maximum absolute atomic E-state index is 12.8. The van der Waals surface area contributed by atoms with Crippen molar-refractivity contribution in [1.82, 2.24) is 10.3 Å². The van der Waals surface area contributed by atoms with E-state index in [-0.39, 0.29) is 17.9 Å². The lowest BCUT2D eigenvalue weighted by Crippen LogP contribution is -2.36. The van der Waals surface area contributed by atoms with E-state index in [0.29, 0.717) is 24.6 Å². The molecule has 1 saturated carbocycles. The molecular formula is C29H34N4O2. The summed E-state index contributed by atoms with van der Waals surface area (Å²) < 4.78 is 0. The second-order valence-corrected chi connectivity index (χ2v) is 9.39. The smallest absolute Gasteiger partial charge is 0.224 e. The van der Waals surface area contributed by atoms with Gasteiger partial charge in [-0.1, -0.05) is 54.6 Å². The molecule has 182 valence electrons. The zero-order valence-electron chi connectivity index (χ0n) is 20.3. The number of hydrogen-bond donors (Lipinski definition) is 3. The summed E-state index contributed by atoms with van der Waals surface area (Å²) in [6.45, 7) is 2.18. The van der Waals surface area contributed by atoms with Crippen LogP contribution in [0.5, 0.6) is 0 Å². The average Bonchev–Trinajstić information content (AvgIpc) is 2.86. The lowest BCUT2D eigenvalue weighted by Gasteiger charge is -2.28. The molecule has 0 bridgehead atoms. The summed E-state index contributed by atoms with van der Waals surface area (Å²) in [7, 11) is 0. The summed E-state index contributed by atoms with van der Waals surface area (Å²) >= 11 is 0. The van der Waals surface area contributed by atoms with Crippen LogP contribution in [0.3, 0.4) is 0 Å². The highest BCUT2D eigenvalue weighted by atomic mass is 16.2. The molecule has 1 aliphatic carbocycles. The molecule has 35 heavy (non-hydrogen) atoms. The lowest BCUT2D eigenvalue weighted by atomic mass is 9.84. The molecule has 0 radical (unpaired) electrons. The normalized spacial score (nSPS) is 17.5. The zero-order valence-corrected chi connectivity index (χ0v) is 20.3. The van der Waals surface area contributed by atoms with Crippen LogP contribution in [0.2, 0.25) is 0 Å². The first-order valence-corrected chi connectivity index (χ1v) is 12.4. The van der Waals surface area contributed by atoms with E-state index in [0.717, 1.165) is 54.5 Å². The number of nitrogens with two attached hydrogens (primary N) is 1. The summed E-state index contributed by atoms with van der Waals surface area (Å²) in [5.74, 6) is 0.364. The molecule has 0 atom stereocenters. The van der Waals surface area contributed by atoms with Crippen molar-refractivity contribution in [2.45, 2.75) is 51.5 Å². The van der Waals surface area contributed by atoms with Crippen molar-refractivity contribution in [3.8, 4) is 22.4 Å². The van der Waals surface area contributed by atoms with Crippen molar-refractivity contribution in [2.75, 3.05) is 11.9 Å². The molecule has 1 aliphatic rings. The van der Waals surface area contributed by atoms with E-state index >= 15 is 0 Å². The lowest BCUT2D eigenvalue weighted by molar-refractivity contribution is -0.120. The number of nitrogens with one attached hydrogen (secondary N) is 2. The van der Waals surface area contributed by atoms with Crippen molar-refractivity contribution >= 4 is 17.5 Å². The predicted molar refractivity (Wildman–Crippen MR) is 141 cm³/mol. The van der Waals surface area contributed by atoms with Crippen molar-refractivity contribution < 1.29 is 9.59 Å². The van der Waals surface area contributed by atoms with Crippen molar-refractivity contribution in [2.24, 2.45) is 11.7 Å². The highest BCUT2D eigenvalue weighted by Crippen LogP contribution is 2.33. The number of amides is 2. The maximum atomic E-state index is 12.8. The number of rotatable bonds is 8. The van der Waals surface area contributed by atoms with E-state index in [1.54, 1.807) is 13.1 Å². The molecule has 6 nitrogen and oxygen atoms in total. The van der Waals surface area contributed by atoms with Gasteiger partial charge in [-0.15, -0.1) is 0 Å². The molecular weight excluding hydrogens is 436 g/mol. The van der Waals surface area contributed by atoms with Crippen LogP contribution < -0.4 is 16.4 Å². The van der Waals surface area contributed by atoms with Gasteiger partial charge in [0.2, 0.25) is 11.8 Å². The van der Waals surface area contributed by atoms with Gasteiger partial charge in [0.25, 0.3) is 0 Å². The van der Waals surface area contributed by atoms with Gasteiger partial charge in [0.15, 0.2) is 0 Å². The first-order chi connectivity index (χ1) is 17.0. The fourth-order valence-electron chi connectivity index (χ4n) is 4.87. The van der Waals surface area contributed by atoms with Crippen LogP contribution in [0.25, 0.3) is 22.4 Å². The van der Waals surface area contributed by atoms with Gasteiger partial charge >= 0.3 is 0 Å². The highest BCUT2D eigenvalue weighted by molar-refractivity contribution is 5.93. The standard InChI is InChI=1S/C29H34N4O2/c1-20(34)32-25-13-9-22(10-14-25)17-28(35)33-26-18-27(23-5-3-2-4-6-23)29(31-19-26)24-11-7-21(8-12-24)15-16-30/h2-8,11-12,18-19,22,25H,9-10,13-17,30H2,1H3,(H,32,34)(H,33,35). The van der Waals surface area contributed by atoms with Gasteiger partial charge in [-0.05, 0) is 61.8 Å². The molecule has 0 aliphatic heterocycles. The number of hydrogen-bond acceptors (Lipinski definition) is 4. The van der Waals surface area contributed by atoms with Crippen LogP contribution in [0, 0.1) is 5.92 Å². The number of benzene rings is 2. The molecule has 1 aromatic heterocycles. The number of pyridine rings is 1. The van der Waals surface area contributed by atoms with Gasteiger partial charge in [-0.25, -0.2) is 0 Å². The number of anilines is 1. The minimum Gasteiger partial charge on any atom is -0.354 e. The Morgan fingerprint density at radius 2 is 1.69 bits per heavy atom. The number of carbonyl (C=O) groups is 2. The third-order valence-electron chi connectivity index (χ3n) is 6.64. The van der Waals surface area contributed by atoms with E-state index < -0.39 is 0 Å². The Kier molecular flexibility index (Phi) is 8.27. The number of aromatic nitrogens is 1. The summed E-state index contributed by atoms with van der Waals surface area (Å²) in [6, 6.07) is 20.7. The van der Waals surface area contributed by atoms with Gasteiger partial charge in [0.1, 0.15) is 0 Å². The van der Waals surface area contributed by atoms with Crippen LogP contribution in [0.15, 0.2) is 66.9 Å². The van der Waals surface area contributed by atoms with E-state index in [2.05, 4.69) is 47.0 Å². The number of nitrogens with zero attached hydrogens (tertiary/aromatic N) is 1. The summed E-state index contributed by atoms with van der Waals surface area (Å²) in [6.07, 6.45) is 6.82. The molecule has 0 unspecified atom stereocenters. The van der Waals surface area contributed by atoms with Crippen molar-refractivity contribution in [3.63, 3.8) is 0 Å². The largest absolute Gasteiger partial charge is 0.354 e. The monoisotopic (exact) mass is 470 g/mol. The van der Waals surface area contributed by atoms with Gasteiger partial charge < -0.3 is 16.4 Å². The van der Waals surface area contributed by atoms with E-state index in [1.807, 2.05) is 24.3 Å². The van der Waals surface area contributed by atoms with Crippen LogP contribution in [0.4, 0.5) is 5.69 Å². The Morgan fingerprint density at radius 3 is 2.34 bits per heavy atom. The fourth-order valence-corrected chi connectivity index (χ4v) is 4.87. The van der Waals surface area contributed by atoms with Crippen LogP contribution >= 0.6 is 0 Å². The predicted octanol–water partition coefficient (Wildman–Crippen LogP) is 4.94. The maximum Gasteiger partial charge on any atom is 0.224 e. The molecule has 2 amide bonds. The molecule has 0 saturated heterocycles. The Bertz CT molecular complexity index is 1140. The van der Waals surface area contributed by atoms with E-state index in [9.17, 15) is 9.59 Å². The van der Waals surface area contributed by atoms with Crippen LogP contribution in [-0.4, -0.2) is 29.4 Å². The SMILES string of the molecule is CC(=O)NC1CCC(CC(=O)Nc2cnc(-c3ccc(CCN)cc3)c(-c3ccccc3)c2)CC1. The van der Waals surface area contributed by atoms with E-state index in [4.69, 9.17) is 10.7 Å². The molecule has 0 spiro atoms. The molecule has 6 heteroatoms. The molecule has 4 rings (SSSR count). The second kappa shape index (κ2) is 11.8. The highest BCUT2D eigenvalue weighted by Gasteiger charge is 2.23. The fraction of sp³-hybridized carbons (Fsp3) is 0.345. The Balaban J connectivity index is 1.48. The summed E-state index contributed by atoms with van der Waals surface area (Å²) in [5.41, 5.74) is 11.5. The first-order valence-electron chi connectivity index (χ1n) is 12.4. The molecule has 4 N–H and O–H groups in total. The quantitative estimate of drug-likeness (QED) is 0.434. The third-order valence-corrected chi connectivity index (χ3v) is 6.64. The molecule has 2 aromatic carbocycles. The topological polar surface area (TPSA) is 97.1 Å². The van der Waals surface area contributed by atoms with Gasteiger partial charge in [0, 0.05) is 30.5 Å². The average molecular weight is 471 g/mol. The molecule has 3 aromatic rings. The minimum atomic E-state index is 0.00711. The van der Waals surface area contributed by atoms with Crippen LogP contribution in [-0.2, 0) is 16.0 Å². The summed E-state index contributed by atoms with van der Waals surface area (Å²) in [4.78, 5) is 28.9. The molecule has 1 fully saturated rings. The number of carbonyl (C=O) groups excluding carboxylic acids is 2. The first kappa shape index (κ1) is 24.6. The van der Waals surface area contributed by atoms with Gasteiger partial charge in [-0.2, -0.15) is 0 Å². The van der Waals surface area contributed by atoms with E-state index in [1.165, 1.54) is 5.56 Å². The second-order valence-electron chi connectivity index (χ2n) is 9.39. The zero-order chi connectivity index (χ0) is 24.6. The van der Waals surface area contributed by atoms with Crippen molar-refractivity contribution in [1.29, 1.82) is 0 Å². The summed E-state index contributed by atoms with van der Waals surface area (Å²) in [5, 5.41) is 6.05. The Morgan fingerprint density at radius 1 is 0.971 bits per heavy atom. The Labute approximate surface area is 207 Å². The van der Waals surface area contributed by atoms with Crippen LogP contribution in [0.1, 0.15) is 44.6 Å².